The summed E-state index contributed by atoms with van der Waals surface area (Å²) in [6.45, 7) is 1.79. The molecule has 0 bridgehead atoms. The number of halogens is 2. The fourth-order valence-corrected chi connectivity index (χ4v) is 3.57. The van der Waals surface area contributed by atoms with Crippen LogP contribution in [0.5, 0.6) is 0 Å². The second kappa shape index (κ2) is 7.78. The molecular weight excluding hydrogens is 407 g/mol. The summed E-state index contributed by atoms with van der Waals surface area (Å²) in [6, 6.07) is 18.7. The van der Waals surface area contributed by atoms with E-state index in [2.05, 4.69) is 0 Å². The predicted octanol–water partition coefficient (Wildman–Crippen LogP) is 7.58. The highest BCUT2D eigenvalue weighted by Gasteiger charge is 2.11. The van der Waals surface area contributed by atoms with Gasteiger partial charge < -0.3 is 9.52 Å². The van der Waals surface area contributed by atoms with Gasteiger partial charge in [0.05, 0.1) is 15.6 Å². The molecule has 0 spiro atoms. The van der Waals surface area contributed by atoms with E-state index in [4.69, 9.17) is 27.6 Å². The van der Waals surface area contributed by atoms with Crippen molar-refractivity contribution in [2.45, 2.75) is 6.92 Å². The van der Waals surface area contributed by atoms with E-state index in [1.807, 2.05) is 48.6 Å². The van der Waals surface area contributed by atoms with Crippen molar-refractivity contribution in [3.05, 3.63) is 93.0 Å². The molecule has 0 aliphatic carbocycles. The number of hydrogen-bond donors (Lipinski definition) is 1. The zero-order valence-corrected chi connectivity index (χ0v) is 17.0. The van der Waals surface area contributed by atoms with Gasteiger partial charge in [-0.05, 0) is 35.7 Å². The van der Waals surface area contributed by atoms with Crippen molar-refractivity contribution >= 4 is 52.3 Å². The summed E-state index contributed by atoms with van der Waals surface area (Å²) in [6.07, 6.45) is 3.71. The number of carbonyl (C=O) groups is 1. The summed E-state index contributed by atoms with van der Waals surface area (Å²) >= 11 is 12.1. The lowest BCUT2D eigenvalue weighted by atomic mass is 10.0. The molecule has 29 heavy (non-hydrogen) atoms. The van der Waals surface area contributed by atoms with Crippen molar-refractivity contribution in [2.75, 3.05) is 0 Å². The quantitative estimate of drug-likeness (QED) is 0.344. The van der Waals surface area contributed by atoms with E-state index in [9.17, 15) is 9.90 Å². The largest absolute Gasteiger partial charge is 0.478 e. The minimum atomic E-state index is -0.928. The smallest absolute Gasteiger partial charge is 0.336 e. The summed E-state index contributed by atoms with van der Waals surface area (Å²) < 4.78 is 5.89. The average Bonchev–Trinajstić information content (AvgIpc) is 3.09. The normalized spacial score (nSPS) is 11.4. The summed E-state index contributed by atoms with van der Waals surface area (Å²) in [4.78, 5) is 11.5. The molecule has 0 radical (unpaired) electrons. The maximum atomic E-state index is 11.5. The van der Waals surface area contributed by atoms with E-state index in [1.165, 1.54) is 0 Å². The number of hydrogen-bond acceptors (Lipinski definition) is 2. The fraction of sp³-hybridized carbons (Fsp3) is 0.0417. The van der Waals surface area contributed by atoms with Crippen LogP contribution in [0.4, 0.5) is 0 Å². The van der Waals surface area contributed by atoms with Crippen LogP contribution in [0.15, 0.2) is 65.1 Å². The molecule has 5 heteroatoms. The third-order valence-electron chi connectivity index (χ3n) is 4.73. The molecule has 0 saturated heterocycles. The molecular formula is C24H16Cl2O3. The molecule has 0 atom stereocenters. The third-order valence-corrected chi connectivity index (χ3v) is 5.45. The van der Waals surface area contributed by atoms with Gasteiger partial charge in [-0.25, -0.2) is 4.79 Å². The van der Waals surface area contributed by atoms with Gasteiger partial charge in [0.2, 0.25) is 0 Å². The van der Waals surface area contributed by atoms with Gasteiger partial charge in [-0.1, -0.05) is 77.8 Å². The van der Waals surface area contributed by atoms with Crippen LogP contribution < -0.4 is 0 Å². The Labute approximate surface area is 177 Å². The molecule has 4 aromatic rings. The van der Waals surface area contributed by atoms with E-state index in [1.54, 1.807) is 31.2 Å². The molecule has 0 unspecified atom stereocenters. The molecule has 144 valence electrons. The maximum Gasteiger partial charge on any atom is 0.336 e. The number of benzene rings is 3. The minimum Gasteiger partial charge on any atom is -0.478 e. The first kappa shape index (κ1) is 19.3. The molecule has 0 amide bonds. The standard InChI is InChI=1S/C24H16Cl2O3/c1-14-3-2-4-17(23(14)24(27)28)10-7-15-5-8-16(9-6-15)21-12-18-11-19(25)20(26)13-22(18)29-21/h2-13H,1H3,(H,27,28)/b10-7+. The zero-order chi connectivity index (χ0) is 20.5. The fourth-order valence-electron chi connectivity index (χ4n) is 3.24. The number of rotatable bonds is 4. The van der Waals surface area contributed by atoms with Gasteiger partial charge in [-0.15, -0.1) is 0 Å². The molecule has 1 aromatic heterocycles. The van der Waals surface area contributed by atoms with Crippen molar-refractivity contribution in [1.29, 1.82) is 0 Å². The number of furan rings is 1. The van der Waals surface area contributed by atoms with Gasteiger partial charge in [0.15, 0.2) is 0 Å². The highest BCUT2D eigenvalue weighted by Crippen LogP contribution is 2.33. The second-order valence-corrected chi connectivity index (χ2v) is 7.53. The first-order valence-electron chi connectivity index (χ1n) is 8.92. The highest BCUT2D eigenvalue weighted by molar-refractivity contribution is 6.42. The molecule has 3 nitrogen and oxygen atoms in total. The van der Waals surface area contributed by atoms with Crippen LogP contribution >= 0.6 is 23.2 Å². The van der Waals surface area contributed by atoms with Gasteiger partial charge >= 0.3 is 5.97 Å². The van der Waals surface area contributed by atoms with Gasteiger partial charge in [0.25, 0.3) is 0 Å². The zero-order valence-electron chi connectivity index (χ0n) is 15.4. The lowest BCUT2D eigenvalue weighted by Crippen LogP contribution is -2.02. The predicted molar refractivity (Wildman–Crippen MR) is 119 cm³/mol. The van der Waals surface area contributed by atoms with Crippen molar-refractivity contribution in [3.8, 4) is 11.3 Å². The first-order valence-corrected chi connectivity index (χ1v) is 9.68. The lowest BCUT2D eigenvalue weighted by Gasteiger charge is -2.05. The van der Waals surface area contributed by atoms with E-state index >= 15 is 0 Å². The van der Waals surface area contributed by atoms with Crippen molar-refractivity contribution in [3.63, 3.8) is 0 Å². The number of fused-ring (bicyclic) bond motifs is 1. The van der Waals surface area contributed by atoms with Crippen LogP contribution in [0.3, 0.4) is 0 Å². The van der Waals surface area contributed by atoms with Crippen LogP contribution in [0, 0.1) is 6.92 Å². The van der Waals surface area contributed by atoms with Crippen LogP contribution in [-0.2, 0) is 0 Å². The molecule has 0 aliphatic rings. The molecule has 1 N–H and O–H groups in total. The van der Waals surface area contributed by atoms with E-state index < -0.39 is 5.97 Å². The molecule has 3 aromatic carbocycles. The van der Waals surface area contributed by atoms with Crippen LogP contribution in [0.2, 0.25) is 10.0 Å². The Balaban J connectivity index is 1.61. The molecule has 0 fully saturated rings. The summed E-state index contributed by atoms with van der Waals surface area (Å²) in [5, 5.41) is 11.3. The van der Waals surface area contributed by atoms with Gasteiger partial charge in [0.1, 0.15) is 11.3 Å². The van der Waals surface area contributed by atoms with Gasteiger partial charge in [-0.2, -0.15) is 0 Å². The van der Waals surface area contributed by atoms with Crippen molar-refractivity contribution in [1.82, 2.24) is 0 Å². The molecule has 0 aliphatic heterocycles. The monoisotopic (exact) mass is 422 g/mol. The maximum absolute atomic E-state index is 11.5. The van der Waals surface area contributed by atoms with Gasteiger partial charge in [0, 0.05) is 17.0 Å². The third kappa shape index (κ3) is 3.93. The van der Waals surface area contributed by atoms with Crippen LogP contribution in [0.1, 0.15) is 27.0 Å². The SMILES string of the molecule is Cc1cccc(/C=C/c2ccc(-c3cc4cc(Cl)c(Cl)cc4o3)cc2)c1C(=O)O. The van der Waals surface area contributed by atoms with Crippen LogP contribution in [0.25, 0.3) is 34.4 Å². The molecule has 0 saturated carbocycles. The van der Waals surface area contributed by atoms with Crippen LogP contribution in [-0.4, -0.2) is 11.1 Å². The highest BCUT2D eigenvalue weighted by atomic mass is 35.5. The number of carboxylic acids is 1. The van der Waals surface area contributed by atoms with E-state index in [-0.39, 0.29) is 0 Å². The number of aryl methyl sites for hydroxylation is 1. The van der Waals surface area contributed by atoms with Crippen molar-refractivity contribution in [2.24, 2.45) is 0 Å². The Bertz CT molecular complexity index is 1210. The second-order valence-electron chi connectivity index (χ2n) is 6.71. The first-order chi connectivity index (χ1) is 13.9. The Morgan fingerprint density at radius 1 is 0.966 bits per heavy atom. The Kier molecular flexibility index (Phi) is 5.18. The summed E-state index contributed by atoms with van der Waals surface area (Å²) in [5.41, 5.74) is 4.29. The lowest BCUT2D eigenvalue weighted by molar-refractivity contribution is 0.0696. The Morgan fingerprint density at radius 2 is 1.69 bits per heavy atom. The summed E-state index contributed by atoms with van der Waals surface area (Å²) in [5.74, 6) is -0.205. The number of carboxylic acid groups (broad SMARTS) is 1. The average molecular weight is 423 g/mol. The molecule has 4 rings (SSSR count). The van der Waals surface area contributed by atoms with Crippen molar-refractivity contribution < 1.29 is 14.3 Å². The topological polar surface area (TPSA) is 50.4 Å². The van der Waals surface area contributed by atoms with E-state index in [0.717, 1.165) is 27.8 Å². The Hall–Kier alpha value is -3.01. The summed E-state index contributed by atoms with van der Waals surface area (Å²) in [7, 11) is 0. The number of aromatic carboxylic acids is 1. The van der Waals surface area contributed by atoms with E-state index in [0.29, 0.717) is 26.8 Å². The molecule has 1 heterocycles. The Morgan fingerprint density at radius 3 is 2.41 bits per heavy atom. The van der Waals surface area contributed by atoms with Gasteiger partial charge in [-0.3, -0.25) is 0 Å². The minimum absolute atomic E-state index is 0.319.